The third-order valence-electron chi connectivity index (χ3n) is 3.41. The Morgan fingerprint density at radius 3 is 1.92 bits per heavy atom. The summed E-state index contributed by atoms with van der Waals surface area (Å²) in [5.41, 5.74) is 0. The minimum atomic E-state index is -1.23. The molecule has 24 heavy (non-hydrogen) atoms. The van der Waals surface area contributed by atoms with Crippen molar-refractivity contribution in [1.29, 1.82) is 0 Å². The average Bonchev–Trinajstić information content (AvgIpc) is 2.44. The number of carbonyl (C=O) groups is 1. The van der Waals surface area contributed by atoms with Crippen LogP contribution in [-0.4, -0.2) is 79.2 Å². The van der Waals surface area contributed by atoms with Crippen LogP contribution in [0, 0.1) is 11.8 Å². The minimum absolute atomic E-state index is 0.00375. The zero-order valence-electron chi connectivity index (χ0n) is 14.7. The third-order valence-corrected chi connectivity index (χ3v) is 3.41. The second-order valence-electron chi connectivity index (χ2n) is 5.83. The molecule has 1 aliphatic rings. The van der Waals surface area contributed by atoms with Gasteiger partial charge in [-0.3, -0.25) is 0 Å². The maximum atomic E-state index is 9.97. The van der Waals surface area contributed by atoms with Gasteiger partial charge in [0.2, 0.25) is 0 Å². The first-order valence-corrected chi connectivity index (χ1v) is 7.83. The van der Waals surface area contributed by atoms with Crippen LogP contribution >= 0.6 is 0 Å². The lowest BCUT2D eigenvalue weighted by Gasteiger charge is -2.49. The fraction of sp³-hybridized carbons (Fsp3) is 0.933. The predicted molar refractivity (Wildman–Crippen MR) is 84.8 cm³/mol. The zero-order valence-corrected chi connectivity index (χ0v) is 14.7. The first-order chi connectivity index (χ1) is 10.9. The van der Waals surface area contributed by atoms with E-state index >= 15 is 0 Å². The Kier molecular flexibility index (Phi) is 13.3. The summed E-state index contributed by atoms with van der Waals surface area (Å²) in [5, 5.41) is 58.6. The molecular formula is C15H32O9. The molecule has 0 saturated heterocycles. The fourth-order valence-corrected chi connectivity index (χ4v) is 2.22. The van der Waals surface area contributed by atoms with E-state index in [4.69, 9.17) is 35.4 Å². The zero-order chi connectivity index (χ0) is 19.5. The van der Waals surface area contributed by atoms with Gasteiger partial charge in [-0.15, -0.1) is 0 Å². The van der Waals surface area contributed by atoms with E-state index in [9.17, 15) is 9.90 Å². The van der Waals surface area contributed by atoms with Gasteiger partial charge in [-0.1, -0.05) is 13.8 Å². The molecule has 9 heteroatoms. The molecule has 0 radical (unpaired) electrons. The summed E-state index contributed by atoms with van der Waals surface area (Å²) in [4.78, 5) is 9.45. The van der Waals surface area contributed by atoms with Crippen LogP contribution < -0.4 is 0 Å². The standard InChI is InChI=1S/C10H20O4.C3H6O3.C2H6O2/c1-3-9-7(2)4-10(9,13)14-6-8(12)5-11;1-2(4)3(5)6;1-2(3)4/h7-9,11-13H,3-6H2,1-2H3;2,4H,1H3,(H,5,6);2-4H,1H3. The first kappa shape index (κ1) is 25.4. The van der Waals surface area contributed by atoms with Gasteiger partial charge in [0.1, 0.15) is 18.5 Å². The normalized spacial score (nSPS) is 27.8. The summed E-state index contributed by atoms with van der Waals surface area (Å²) in [5.74, 6) is -1.65. The molecule has 5 atom stereocenters. The van der Waals surface area contributed by atoms with E-state index in [2.05, 4.69) is 6.92 Å². The van der Waals surface area contributed by atoms with Gasteiger partial charge in [0.25, 0.3) is 0 Å². The van der Waals surface area contributed by atoms with E-state index < -0.39 is 30.3 Å². The number of ether oxygens (including phenoxy) is 1. The fourth-order valence-electron chi connectivity index (χ4n) is 2.22. The average molecular weight is 356 g/mol. The number of carboxylic acid groups (broad SMARTS) is 1. The van der Waals surface area contributed by atoms with Crippen molar-refractivity contribution in [2.24, 2.45) is 11.8 Å². The van der Waals surface area contributed by atoms with Gasteiger partial charge in [0.15, 0.2) is 5.79 Å². The summed E-state index contributed by atoms with van der Waals surface area (Å²) in [6.45, 7) is 6.23. The molecule has 1 rings (SSSR count). The van der Waals surface area contributed by atoms with Gasteiger partial charge in [-0.25, -0.2) is 4.79 Å². The molecule has 146 valence electrons. The van der Waals surface area contributed by atoms with Gasteiger partial charge in [-0.05, 0) is 26.2 Å². The molecule has 0 heterocycles. The molecule has 0 aromatic heterocycles. The smallest absolute Gasteiger partial charge is 0.332 e. The van der Waals surface area contributed by atoms with Gasteiger partial charge >= 0.3 is 5.97 Å². The predicted octanol–water partition coefficient (Wildman–Crippen LogP) is -1.12. The highest BCUT2D eigenvalue weighted by Crippen LogP contribution is 2.46. The van der Waals surface area contributed by atoms with Crippen LogP contribution in [0.3, 0.4) is 0 Å². The Morgan fingerprint density at radius 1 is 1.25 bits per heavy atom. The third kappa shape index (κ3) is 10.9. The Hall–Kier alpha value is -0.810. The van der Waals surface area contributed by atoms with Gasteiger partial charge in [0.05, 0.1) is 13.2 Å². The molecule has 0 amide bonds. The van der Waals surface area contributed by atoms with Crippen LogP contribution in [0.1, 0.15) is 40.5 Å². The van der Waals surface area contributed by atoms with E-state index in [1.165, 1.54) is 13.8 Å². The maximum Gasteiger partial charge on any atom is 0.332 e. The summed E-state index contributed by atoms with van der Waals surface area (Å²) in [6, 6.07) is 0. The lowest BCUT2D eigenvalue weighted by atomic mass is 9.67. The second-order valence-corrected chi connectivity index (χ2v) is 5.83. The molecule has 0 aromatic carbocycles. The van der Waals surface area contributed by atoms with E-state index in [0.717, 1.165) is 6.42 Å². The number of carboxylic acids is 1. The van der Waals surface area contributed by atoms with Crippen LogP contribution in [0.15, 0.2) is 0 Å². The lowest BCUT2D eigenvalue weighted by Crippen LogP contribution is -2.55. The number of hydrogen-bond acceptors (Lipinski definition) is 8. The highest BCUT2D eigenvalue weighted by Gasteiger charge is 2.50. The van der Waals surface area contributed by atoms with Crippen molar-refractivity contribution in [2.45, 2.75) is 64.8 Å². The van der Waals surface area contributed by atoms with Crippen molar-refractivity contribution in [1.82, 2.24) is 0 Å². The highest BCUT2D eigenvalue weighted by molar-refractivity contribution is 5.71. The SMILES string of the molecule is CC(O)C(=O)O.CC(O)O.CCC1C(C)CC1(O)OCC(O)CO. The molecule has 0 bridgehead atoms. The number of rotatable bonds is 6. The molecule has 1 saturated carbocycles. The summed E-state index contributed by atoms with van der Waals surface area (Å²) in [7, 11) is 0. The first-order valence-electron chi connectivity index (χ1n) is 7.83. The van der Waals surface area contributed by atoms with Crippen molar-refractivity contribution < 1.29 is 45.3 Å². The van der Waals surface area contributed by atoms with E-state index in [-0.39, 0.29) is 19.1 Å². The van der Waals surface area contributed by atoms with E-state index in [0.29, 0.717) is 12.3 Å². The molecule has 0 spiro atoms. The number of hydrogen-bond donors (Lipinski definition) is 7. The largest absolute Gasteiger partial charge is 0.479 e. The van der Waals surface area contributed by atoms with E-state index in [1.807, 2.05) is 6.92 Å². The van der Waals surface area contributed by atoms with Crippen molar-refractivity contribution in [2.75, 3.05) is 13.2 Å². The van der Waals surface area contributed by atoms with Crippen molar-refractivity contribution in [3.63, 3.8) is 0 Å². The van der Waals surface area contributed by atoms with E-state index in [1.54, 1.807) is 0 Å². The van der Waals surface area contributed by atoms with Crippen molar-refractivity contribution >= 4 is 5.97 Å². The molecule has 0 aliphatic heterocycles. The van der Waals surface area contributed by atoms with Gasteiger partial charge < -0.3 is 40.5 Å². The topological polar surface area (TPSA) is 168 Å². The van der Waals surface area contributed by atoms with Crippen LogP contribution in [0.25, 0.3) is 0 Å². The Balaban J connectivity index is 0. The highest BCUT2D eigenvalue weighted by atomic mass is 16.6. The Morgan fingerprint density at radius 2 is 1.67 bits per heavy atom. The summed E-state index contributed by atoms with van der Waals surface area (Å²) < 4.78 is 5.24. The minimum Gasteiger partial charge on any atom is -0.479 e. The molecule has 0 aromatic rings. The molecular weight excluding hydrogens is 324 g/mol. The number of aliphatic carboxylic acids is 1. The maximum absolute atomic E-state index is 9.97. The number of aliphatic hydroxyl groups is 6. The molecule has 5 unspecified atom stereocenters. The molecule has 1 aliphatic carbocycles. The van der Waals surface area contributed by atoms with Crippen LogP contribution in [0.4, 0.5) is 0 Å². The summed E-state index contributed by atoms with van der Waals surface area (Å²) in [6.07, 6.45) is -1.81. The number of aliphatic hydroxyl groups excluding tert-OH is 4. The molecule has 9 nitrogen and oxygen atoms in total. The summed E-state index contributed by atoms with van der Waals surface area (Å²) >= 11 is 0. The van der Waals surface area contributed by atoms with Crippen LogP contribution in [0.5, 0.6) is 0 Å². The molecule has 1 fully saturated rings. The monoisotopic (exact) mass is 356 g/mol. The van der Waals surface area contributed by atoms with Crippen molar-refractivity contribution in [3.8, 4) is 0 Å². The molecule has 7 N–H and O–H groups in total. The quantitative estimate of drug-likeness (QED) is 0.291. The Bertz CT molecular complexity index is 332. The van der Waals surface area contributed by atoms with Crippen LogP contribution in [-0.2, 0) is 9.53 Å². The Labute approximate surface area is 142 Å². The van der Waals surface area contributed by atoms with Crippen molar-refractivity contribution in [3.05, 3.63) is 0 Å². The second kappa shape index (κ2) is 12.5. The van der Waals surface area contributed by atoms with Gasteiger partial charge in [0, 0.05) is 12.3 Å². The lowest BCUT2D eigenvalue weighted by molar-refractivity contribution is -0.312. The van der Waals surface area contributed by atoms with Gasteiger partial charge in [-0.2, -0.15) is 0 Å². The van der Waals surface area contributed by atoms with Crippen LogP contribution in [0.2, 0.25) is 0 Å².